The van der Waals surface area contributed by atoms with E-state index in [9.17, 15) is 31.1 Å². The first-order chi connectivity index (χ1) is 14.2. The van der Waals surface area contributed by atoms with E-state index in [2.05, 4.69) is 4.98 Å². The maximum atomic E-state index is 14.0. The Morgan fingerprint density at radius 3 is 2.29 bits per heavy atom. The first-order valence-corrected chi connectivity index (χ1v) is 9.40. The normalized spacial score (nSPS) is 26.8. The third kappa shape index (κ3) is 3.93. The van der Waals surface area contributed by atoms with E-state index >= 15 is 0 Å². The molecule has 4 nitrogen and oxygen atoms in total. The largest absolute Gasteiger partial charge is 0.496 e. The van der Waals surface area contributed by atoms with Gasteiger partial charge in [0, 0.05) is 40.9 Å². The molecule has 1 saturated heterocycles. The van der Waals surface area contributed by atoms with Gasteiger partial charge in [0.2, 0.25) is 0 Å². The van der Waals surface area contributed by atoms with Crippen molar-refractivity contribution in [3.8, 4) is 5.75 Å². The van der Waals surface area contributed by atoms with E-state index in [1.807, 2.05) is 0 Å². The van der Waals surface area contributed by atoms with Gasteiger partial charge in [-0.3, -0.25) is 4.79 Å². The van der Waals surface area contributed by atoms with Gasteiger partial charge in [-0.05, 0) is 19.9 Å². The van der Waals surface area contributed by atoms with Crippen molar-refractivity contribution in [2.75, 3.05) is 7.11 Å². The highest BCUT2D eigenvalue weighted by Gasteiger charge is 2.65. The van der Waals surface area contributed by atoms with Crippen LogP contribution >= 0.6 is 0 Å². The van der Waals surface area contributed by atoms with Crippen LogP contribution in [0.4, 0.5) is 26.3 Å². The summed E-state index contributed by atoms with van der Waals surface area (Å²) in [5, 5.41) is 0. The number of para-hydroxylation sites is 1. The van der Waals surface area contributed by atoms with Gasteiger partial charge in [-0.2, -0.15) is 26.3 Å². The number of pyridine rings is 1. The molecule has 170 valence electrons. The quantitative estimate of drug-likeness (QED) is 0.628. The molecule has 0 bridgehead atoms. The molecular weight excluding hydrogens is 428 g/mol. The molecule has 10 heteroatoms. The van der Waals surface area contributed by atoms with Crippen molar-refractivity contribution < 1.29 is 35.8 Å². The van der Waals surface area contributed by atoms with Crippen molar-refractivity contribution >= 4 is 0 Å². The van der Waals surface area contributed by atoms with Crippen LogP contribution < -0.4 is 10.2 Å². The number of aryl methyl sites for hydroxylation is 1. The lowest BCUT2D eigenvalue weighted by molar-refractivity contribution is -0.275. The Kier molecular flexibility index (Phi) is 5.67. The molecule has 1 N–H and O–H groups in total. The zero-order valence-corrected chi connectivity index (χ0v) is 17.1. The molecule has 1 aliphatic heterocycles. The Labute approximate surface area is 174 Å². The molecule has 3 rings (SSSR count). The third-order valence-electron chi connectivity index (χ3n) is 5.89. The molecule has 2 heterocycles. The number of aromatic amines is 1. The third-order valence-corrected chi connectivity index (χ3v) is 5.89. The molecule has 0 unspecified atom stereocenters. The van der Waals surface area contributed by atoms with Crippen molar-refractivity contribution in [2.45, 2.75) is 50.7 Å². The number of alkyl halides is 6. The highest BCUT2D eigenvalue weighted by molar-refractivity contribution is 5.47. The molecule has 1 aliphatic rings. The lowest BCUT2D eigenvalue weighted by Crippen LogP contribution is -2.46. The molecule has 4 atom stereocenters. The number of rotatable bonds is 3. The van der Waals surface area contributed by atoms with Crippen LogP contribution in [0.1, 0.15) is 48.4 Å². The lowest BCUT2D eigenvalue weighted by atomic mass is 9.76. The molecule has 1 fully saturated rings. The summed E-state index contributed by atoms with van der Waals surface area (Å²) in [6.07, 6.45) is -10.9. The summed E-state index contributed by atoms with van der Waals surface area (Å²) < 4.78 is 93.0. The smallest absolute Gasteiger partial charge is 0.419 e. The molecule has 0 amide bonds. The number of hydrogen-bond acceptors (Lipinski definition) is 3. The minimum atomic E-state index is -4.81. The van der Waals surface area contributed by atoms with Crippen LogP contribution in [0.15, 0.2) is 35.1 Å². The number of benzene rings is 1. The number of halogens is 6. The van der Waals surface area contributed by atoms with E-state index in [1.165, 1.54) is 19.1 Å². The first kappa shape index (κ1) is 23.2. The standard InChI is InChI=1S/C21H21F6NO3/c1-10-8-12(29)9-15(28-10)18-16(11(2)19(3,31-18)21(25,26)27)13-6-5-7-14(17(13)30-4)20(22,23)24/h5-9,11,16,18H,1-4H3,(H,28,29)/t11-,16-,18-,19+/m0/s1. The van der Waals surface area contributed by atoms with Gasteiger partial charge in [-0.25, -0.2) is 0 Å². The van der Waals surface area contributed by atoms with Gasteiger partial charge < -0.3 is 14.5 Å². The van der Waals surface area contributed by atoms with Gasteiger partial charge in [-0.15, -0.1) is 0 Å². The summed E-state index contributed by atoms with van der Waals surface area (Å²) in [6.45, 7) is 3.68. The minimum absolute atomic E-state index is 0.0503. The SMILES string of the molecule is COc1c([C@H]2[C@H](c3cc(=O)cc(C)[nH]3)O[C@@](C)(C(F)(F)F)[C@H]2C)cccc1C(F)(F)F. The monoisotopic (exact) mass is 449 g/mol. The van der Waals surface area contributed by atoms with E-state index in [1.54, 1.807) is 6.92 Å². The van der Waals surface area contributed by atoms with E-state index < -0.39 is 52.6 Å². The van der Waals surface area contributed by atoms with Gasteiger partial charge in [0.15, 0.2) is 11.0 Å². The maximum absolute atomic E-state index is 14.0. The second-order valence-corrected chi connectivity index (χ2v) is 7.84. The summed E-state index contributed by atoms with van der Waals surface area (Å²) in [7, 11) is 1.03. The van der Waals surface area contributed by atoms with E-state index in [-0.39, 0.29) is 11.3 Å². The minimum Gasteiger partial charge on any atom is -0.496 e. The number of ether oxygens (including phenoxy) is 2. The van der Waals surface area contributed by atoms with Gasteiger partial charge in [0.05, 0.1) is 12.7 Å². The van der Waals surface area contributed by atoms with Crippen molar-refractivity contribution in [3.05, 3.63) is 63.1 Å². The van der Waals surface area contributed by atoms with E-state index in [0.29, 0.717) is 5.69 Å². The summed E-state index contributed by atoms with van der Waals surface area (Å²) in [5.74, 6) is -3.04. The number of nitrogens with one attached hydrogen (secondary N) is 1. The van der Waals surface area contributed by atoms with Crippen LogP contribution in [0.3, 0.4) is 0 Å². The molecule has 0 aliphatic carbocycles. The van der Waals surface area contributed by atoms with E-state index in [0.717, 1.165) is 32.2 Å². The van der Waals surface area contributed by atoms with Crippen LogP contribution in [-0.4, -0.2) is 23.9 Å². The van der Waals surface area contributed by atoms with Crippen molar-refractivity contribution in [2.24, 2.45) is 5.92 Å². The number of methoxy groups -OCH3 is 1. The van der Waals surface area contributed by atoms with Crippen molar-refractivity contribution in [1.82, 2.24) is 4.98 Å². The van der Waals surface area contributed by atoms with Crippen molar-refractivity contribution in [3.63, 3.8) is 0 Å². The number of hydrogen-bond donors (Lipinski definition) is 1. The average Bonchev–Trinajstić information content (AvgIpc) is 2.92. The maximum Gasteiger partial charge on any atom is 0.419 e. The zero-order valence-electron chi connectivity index (χ0n) is 17.1. The van der Waals surface area contributed by atoms with Crippen LogP contribution in [0.25, 0.3) is 0 Å². The first-order valence-electron chi connectivity index (χ1n) is 9.40. The lowest BCUT2D eigenvalue weighted by Gasteiger charge is -2.32. The Morgan fingerprint density at radius 2 is 1.77 bits per heavy atom. The fraction of sp³-hybridized carbons (Fsp3) is 0.476. The Bertz CT molecular complexity index is 1030. The average molecular weight is 449 g/mol. The van der Waals surface area contributed by atoms with Crippen LogP contribution in [-0.2, 0) is 10.9 Å². The molecule has 2 aromatic rings. The highest BCUT2D eigenvalue weighted by Crippen LogP contribution is 2.59. The molecule has 1 aromatic heterocycles. The molecule has 0 saturated carbocycles. The second kappa shape index (κ2) is 7.58. The summed E-state index contributed by atoms with van der Waals surface area (Å²) in [4.78, 5) is 14.8. The van der Waals surface area contributed by atoms with Crippen LogP contribution in [0, 0.1) is 12.8 Å². The van der Waals surface area contributed by atoms with Crippen LogP contribution in [0.2, 0.25) is 0 Å². The number of aromatic nitrogens is 1. The van der Waals surface area contributed by atoms with Crippen molar-refractivity contribution in [1.29, 1.82) is 0 Å². The number of H-pyrrole nitrogens is 1. The van der Waals surface area contributed by atoms with Gasteiger partial charge in [0.1, 0.15) is 11.9 Å². The van der Waals surface area contributed by atoms with Gasteiger partial charge >= 0.3 is 12.4 Å². The summed E-state index contributed by atoms with van der Waals surface area (Å²) in [5.41, 5.74) is -3.87. The fourth-order valence-electron chi connectivity index (χ4n) is 4.19. The molecule has 0 radical (unpaired) electrons. The summed E-state index contributed by atoms with van der Waals surface area (Å²) in [6, 6.07) is 5.56. The fourth-order valence-corrected chi connectivity index (χ4v) is 4.19. The predicted molar refractivity (Wildman–Crippen MR) is 100.0 cm³/mol. The van der Waals surface area contributed by atoms with Gasteiger partial charge in [0.25, 0.3) is 0 Å². The second-order valence-electron chi connectivity index (χ2n) is 7.84. The topological polar surface area (TPSA) is 51.3 Å². The highest BCUT2D eigenvalue weighted by atomic mass is 19.4. The molecule has 0 spiro atoms. The molecular formula is C21H21F6NO3. The molecule has 31 heavy (non-hydrogen) atoms. The van der Waals surface area contributed by atoms with E-state index in [4.69, 9.17) is 9.47 Å². The van der Waals surface area contributed by atoms with Gasteiger partial charge in [-0.1, -0.05) is 19.1 Å². The Morgan fingerprint density at radius 1 is 1.13 bits per heavy atom. The zero-order chi connectivity index (χ0) is 23.4. The Balaban J connectivity index is 2.28. The molecule has 1 aromatic carbocycles. The Hall–Kier alpha value is -2.49. The predicted octanol–water partition coefficient (Wildman–Crippen LogP) is 5.52. The van der Waals surface area contributed by atoms with Crippen LogP contribution in [0.5, 0.6) is 5.75 Å². The summed E-state index contributed by atoms with van der Waals surface area (Å²) >= 11 is 0.